The van der Waals surface area contributed by atoms with E-state index in [-0.39, 0.29) is 24.3 Å². The van der Waals surface area contributed by atoms with E-state index in [1.807, 2.05) is 38.1 Å². The molecule has 116 valence electrons. The smallest absolute Gasteiger partial charge is 0.239 e. The maximum Gasteiger partial charge on any atom is 0.239 e. The first kappa shape index (κ1) is 17.0. The molecule has 0 spiro atoms. The minimum atomic E-state index is -0.0639. The summed E-state index contributed by atoms with van der Waals surface area (Å²) >= 11 is 0. The molecule has 0 aliphatic carbocycles. The van der Waals surface area contributed by atoms with Crippen LogP contribution in [-0.2, 0) is 9.59 Å². The number of benzene rings is 1. The molecule has 0 atom stereocenters. The highest BCUT2D eigenvalue weighted by Gasteiger charge is 2.07. The largest absolute Gasteiger partial charge is 0.376 e. The van der Waals surface area contributed by atoms with Crippen LogP contribution in [0.5, 0.6) is 0 Å². The minimum Gasteiger partial charge on any atom is -0.376 e. The third-order valence-corrected chi connectivity index (χ3v) is 2.96. The lowest BCUT2D eigenvalue weighted by molar-refractivity contribution is -0.120. The first-order chi connectivity index (χ1) is 10.0. The van der Waals surface area contributed by atoms with Gasteiger partial charge in [-0.1, -0.05) is 33.3 Å². The Bertz CT molecular complexity index is 472. The Hall–Kier alpha value is -2.04. The van der Waals surface area contributed by atoms with Gasteiger partial charge in [-0.3, -0.25) is 9.59 Å². The van der Waals surface area contributed by atoms with Crippen molar-refractivity contribution in [3.8, 4) is 0 Å². The van der Waals surface area contributed by atoms with Crippen molar-refractivity contribution in [3.05, 3.63) is 24.3 Å². The number of unbranched alkanes of at least 4 members (excludes halogenated alkanes) is 1. The van der Waals surface area contributed by atoms with Crippen LogP contribution in [0.1, 0.15) is 33.6 Å². The maximum absolute atomic E-state index is 11.6. The van der Waals surface area contributed by atoms with Gasteiger partial charge in [-0.05, 0) is 24.6 Å². The molecular weight excluding hydrogens is 266 g/mol. The van der Waals surface area contributed by atoms with E-state index in [1.165, 1.54) is 0 Å². The van der Waals surface area contributed by atoms with Crippen molar-refractivity contribution in [2.24, 2.45) is 5.92 Å². The van der Waals surface area contributed by atoms with Crippen LogP contribution < -0.4 is 16.0 Å². The van der Waals surface area contributed by atoms with Crippen LogP contribution in [0.2, 0.25) is 0 Å². The second-order valence-corrected chi connectivity index (χ2v) is 5.28. The van der Waals surface area contributed by atoms with Gasteiger partial charge in [0.05, 0.1) is 6.54 Å². The van der Waals surface area contributed by atoms with E-state index in [0.717, 1.165) is 24.2 Å². The normalized spacial score (nSPS) is 10.3. The highest BCUT2D eigenvalue weighted by Crippen LogP contribution is 2.15. The zero-order chi connectivity index (χ0) is 15.7. The average molecular weight is 291 g/mol. The number of rotatable bonds is 8. The molecular formula is C16H25N3O2. The lowest BCUT2D eigenvalue weighted by Gasteiger charge is -2.11. The SMILES string of the molecule is CCCCNC(=O)CNc1cccc(NC(=O)C(C)C)c1. The number of carbonyl (C=O) groups is 2. The molecule has 1 aromatic carbocycles. The lowest BCUT2D eigenvalue weighted by atomic mass is 10.2. The van der Waals surface area contributed by atoms with Crippen LogP contribution in [-0.4, -0.2) is 24.9 Å². The standard InChI is InChI=1S/C16H25N3O2/c1-4-5-9-17-15(20)11-18-13-7-6-8-14(10-13)19-16(21)12(2)3/h6-8,10,12,18H,4-5,9,11H2,1-3H3,(H,17,20)(H,19,21). The summed E-state index contributed by atoms with van der Waals surface area (Å²) in [7, 11) is 0. The van der Waals surface area contributed by atoms with Gasteiger partial charge in [0.1, 0.15) is 0 Å². The molecule has 0 saturated carbocycles. The van der Waals surface area contributed by atoms with Crippen LogP contribution in [0.4, 0.5) is 11.4 Å². The van der Waals surface area contributed by atoms with Crippen LogP contribution in [0.25, 0.3) is 0 Å². The number of nitrogens with one attached hydrogen (secondary N) is 3. The van der Waals surface area contributed by atoms with E-state index in [2.05, 4.69) is 22.9 Å². The molecule has 0 aromatic heterocycles. The van der Waals surface area contributed by atoms with Gasteiger partial charge in [-0.15, -0.1) is 0 Å². The number of hydrogen-bond acceptors (Lipinski definition) is 3. The van der Waals surface area contributed by atoms with Crippen molar-refractivity contribution in [2.45, 2.75) is 33.6 Å². The van der Waals surface area contributed by atoms with Crippen LogP contribution in [0.3, 0.4) is 0 Å². The summed E-state index contributed by atoms with van der Waals surface area (Å²) in [6.45, 7) is 6.71. The zero-order valence-corrected chi connectivity index (χ0v) is 13.0. The van der Waals surface area contributed by atoms with E-state index in [0.29, 0.717) is 6.54 Å². The fourth-order valence-electron chi connectivity index (χ4n) is 1.64. The second-order valence-electron chi connectivity index (χ2n) is 5.28. The molecule has 0 aliphatic heterocycles. The second kappa shape index (κ2) is 9.00. The predicted octanol–water partition coefficient (Wildman–Crippen LogP) is 2.61. The van der Waals surface area contributed by atoms with E-state index in [1.54, 1.807) is 0 Å². The Morgan fingerprint density at radius 2 is 1.90 bits per heavy atom. The summed E-state index contributed by atoms with van der Waals surface area (Å²) in [6, 6.07) is 7.35. The molecule has 0 radical (unpaired) electrons. The molecule has 1 aromatic rings. The topological polar surface area (TPSA) is 70.2 Å². The Balaban J connectivity index is 2.45. The highest BCUT2D eigenvalue weighted by atomic mass is 16.2. The predicted molar refractivity (Wildman–Crippen MR) is 86.3 cm³/mol. The van der Waals surface area contributed by atoms with Gasteiger partial charge in [0.2, 0.25) is 11.8 Å². The Morgan fingerprint density at radius 1 is 1.19 bits per heavy atom. The molecule has 5 heteroatoms. The zero-order valence-electron chi connectivity index (χ0n) is 13.0. The van der Waals surface area contributed by atoms with Crippen molar-refractivity contribution >= 4 is 23.2 Å². The van der Waals surface area contributed by atoms with Gasteiger partial charge in [0.15, 0.2) is 0 Å². The number of amides is 2. The fraction of sp³-hybridized carbons (Fsp3) is 0.500. The summed E-state index contributed by atoms with van der Waals surface area (Å²) < 4.78 is 0. The number of hydrogen-bond donors (Lipinski definition) is 3. The molecule has 3 N–H and O–H groups in total. The van der Waals surface area contributed by atoms with Crippen molar-refractivity contribution in [1.29, 1.82) is 0 Å². The third-order valence-electron chi connectivity index (χ3n) is 2.96. The molecule has 1 rings (SSSR count). The van der Waals surface area contributed by atoms with Gasteiger partial charge in [-0.25, -0.2) is 0 Å². The minimum absolute atomic E-state index is 0.0236. The lowest BCUT2D eigenvalue weighted by Crippen LogP contribution is -2.30. The van der Waals surface area contributed by atoms with Gasteiger partial charge in [0, 0.05) is 23.8 Å². The molecule has 0 unspecified atom stereocenters. The number of anilines is 2. The molecule has 0 bridgehead atoms. The monoisotopic (exact) mass is 291 g/mol. The third kappa shape index (κ3) is 6.79. The van der Waals surface area contributed by atoms with Crippen LogP contribution >= 0.6 is 0 Å². The molecule has 0 saturated heterocycles. The van der Waals surface area contributed by atoms with Gasteiger partial charge >= 0.3 is 0 Å². The van der Waals surface area contributed by atoms with Crippen LogP contribution in [0, 0.1) is 5.92 Å². The van der Waals surface area contributed by atoms with Crippen molar-refractivity contribution in [2.75, 3.05) is 23.7 Å². The Labute approximate surface area is 126 Å². The molecule has 21 heavy (non-hydrogen) atoms. The Kier molecular flexibility index (Phi) is 7.29. The first-order valence-electron chi connectivity index (χ1n) is 7.44. The molecule has 0 fully saturated rings. The van der Waals surface area contributed by atoms with E-state index >= 15 is 0 Å². The fourth-order valence-corrected chi connectivity index (χ4v) is 1.64. The van der Waals surface area contributed by atoms with Crippen molar-refractivity contribution < 1.29 is 9.59 Å². The van der Waals surface area contributed by atoms with Gasteiger partial charge in [0.25, 0.3) is 0 Å². The summed E-state index contributed by atoms with van der Waals surface area (Å²) in [6.07, 6.45) is 2.05. The van der Waals surface area contributed by atoms with E-state index in [4.69, 9.17) is 0 Å². The van der Waals surface area contributed by atoms with Crippen LogP contribution in [0.15, 0.2) is 24.3 Å². The quantitative estimate of drug-likeness (QED) is 0.645. The van der Waals surface area contributed by atoms with Gasteiger partial charge < -0.3 is 16.0 Å². The maximum atomic E-state index is 11.6. The molecule has 0 aliphatic rings. The molecule has 2 amide bonds. The van der Waals surface area contributed by atoms with Crippen molar-refractivity contribution in [1.82, 2.24) is 5.32 Å². The summed E-state index contributed by atoms with van der Waals surface area (Å²) in [5.41, 5.74) is 1.53. The summed E-state index contributed by atoms with van der Waals surface area (Å²) in [5.74, 6) is -0.115. The van der Waals surface area contributed by atoms with Gasteiger partial charge in [-0.2, -0.15) is 0 Å². The Morgan fingerprint density at radius 3 is 2.57 bits per heavy atom. The van der Waals surface area contributed by atoms with E-state index in [9.17, 15) is 9.59 Å². The highest BCUT2D eigenvalue weighted by molar-refractivity contribution is 5.92. The molecule has 0 heterocycles. The summed E-state index contributed by atoms with van der Waals surface area (Å²) in [4.78, 5) is 23.2. The van der Waals surface area contributed by atoms with E-state index < -0.39 is 0 Å². The number of carbonyl (C=O) groups excluding carboxylic acids is 2. The van der Waals surface area contributed by atoms with Crippen molar-refractivity contribution in [3.63, 3.8) is 0 Å². The summed E-state index contributed by atoms with van der Waals surface area (Å²) in [5, 5.41) is 8.73. The first-order valence-corrected chi connectivity index (χ1v) is 7.44. The average Bonchev–Trinajstić information content (AvgIpc) is 2.45. The molecule has 5 nitrogen and oxygen atoms in total.